The largest absolute Gasteiger partial charge is 0.482 e. The summed E-state index contributed by atoms with van der Waals surface area (Å²) >= 11 is 0. The summed E-state index contributed by atoms with van der Waals surface area (Å²) in [4.78, 5) is 28.0. The fourth-order valence-corrected chi connectivity index (χ4v) is 1.86. The highest BCUT2D eigenvalue weighted by molar-refractivity contribution is 5.92. The lowest BCUT2D eigenvalue weighted by Gasteiger charge is -2.16. The summed E-state index contributed by atoms with van der Waals surface area (Å²) in [5.74, 6) is -0.590. The highest BCUT2D eigenvalue weighted by Crippen LogP contribution is 2.15. The van der Waals surface area contributed by atoms with E-state index in [1.807, 2.05) is 0 Å². The standard InChI is InChI=1S/C15H16N2O5/c1-10-14(22-9-16-10)15(20)17(2)7-11-3-5-12(6-4-11)21-8-13(18)19/h3-6,9H,7-8H2,1-2H3,(H,18,19). The molecule has 0 saturated carbocycles. The SMILES string of the molecule is Cc1ncoc1C(=O)N(C)Cc1ccc(OCC(=O)O)cc1. The van der Waals surface area contributed by atoms with Gasteiger partial charge in [0.1, 0.15) is 5.75 Å². The number of ether oxygens (including phenoxy) is 1. The van der Waals surface area contributed by atoms with E-state index in [1.54, 1.807) is 38.2 Å². The second kappa shape index (κ2) is 6.75. The molecular weight excluding hydrogens is 288 g/mol. The van der Waals surface area contributed by atoms with E-state index in [4.69, 9.17) is 14.3 Å². The highest BCUT2D eigenvalue weighted by Gasteiger charge is 2.18. The number of rotatable bonds is 6. The smallest absolute Gasteiger partial charge is 0.341 e. The Morgan fingerprint density at radius 1 is 1.32 bits per heavy atom. The van der Waals surface area contributed by atoms with Gasteiger partial charge >= 0.3 is 5.97 Å². The molecule has 0 spiro atoms. The van der Waals surface area contributed by atoms with Crippen LogP contribution in [0.25, 0.3) is 0 Å². The molecule has 1 aromatic carbocycles. The Hall–Kier alpha value is -2.83. The average Bonchev–Trinajstić information content (AvgIpc) is 2.91. The monoisotopic (exact) mass is 304 g/mol. The van der Waals surface area contributed by atoms with Crippen molar-refractivity contribution in [1.82, 2.24) is 9.88 Å². The lowest BCUT2D eigenvalue weighted by molar-refractivity contribution is -0.139. The normalized spacial score (nSPS) is 10.3. The van der Waals surface area contributed by atoms with Crippen LogP contribution in [0.3, 0.4) is 0 Å². The quantitative estimate of drug-likeness (QED) is 0.873. The third-order valence-corrected chi connectivity index (χ3v) is 2.99. The van der Waals surface area contributed by atoms with Crippen LogP contribution in [0.15, 0.2) is 35.1 Å². The van der Waals surface area contributed by atoms with Crippen LogP contribution >= 0.6 is 0 Å². The third kappa shape index (κ3) is 3.85. The second-order valence-corrected chi connectivity index (χ2v) is 4.75. The van der Waals surface area contributed by atoms with Crippen LogP contribution < -0.4 is 4.74 Å². The molecule has 7 nitrogen and oxygen atoms in total. The number of carbonyl (C=O) groups is 2. The molecule has 1 amide bonds. The Morgan fingerprint density at radius 2 is 2.00 bits per heavy atom. The molecule has 0 fully saturated rings. The predicted octanol–water partition coefficient (Wildman–Crippen LogP) is 1.72. The van der Waals surface area contributed by atoms with Crippen molar-refractivity contribution >= 4 is 11.9 Å². The van der Waals surface area contributed by atoms with Gasteiger partial charge < -0.3 is 19.2 Å². The number of nitrogens with zero attached hydrogens (tertiary/aromatic N) is 2. The summed E-state index contributed by atoms with van der Waals surface area (Å²) in [6, 6.07) is 6.87. The zero-order chi connectivity index (χ0) is 16.1. The maximum absolute atomic E-state index is 12.2. The Balaban J connectivity index is 1.97. The van der Waals surface area contributed by atoms with Crippen molar-refractivity contribution in [2.75, 3.05) is 13.7 Å². The van der Waals surface area contributed by atoms with Gasteiger partial charge in [0.05, 0.1) is 5.69 Å². The lowest BCUT2D eigenvalue weighted by atomic mass is 10.2. The molecule has 22 heavy (non-hydrogen) atoms. The van der Waals surface area contributed by atoms with Crippen molar-refractivity contribution in [3.8, 4) is 5.75 Å². The molecule has 0 bridgehead atoms. The Bertz CT molecular complexity index is 663. The first-order valence-electron chi connectivity index (χ1n) is 6.56. The number of carbonyl (C=O) groups excluding carboxylic acids is 1. The fraction of sp³-hybridized carbons (Fsp3) is 0.267. The average molecular weight is 304 g/mol. The lowest BCUT2D eigenvalue weighted by Crippen LogP contribution is -2.26. The van der Waals surface area contributed by atoms with Crippen LogP contribution in [0.1, 0.15) is 21.8 Å². The summed E-state index contributed by atoms with van der Waals surface area (Å²) in [7, 11) is 1.67. The minimum atomic E-state index is -1.03. The van der Waals surface area contributed by atoms with Crippen LogP contribution in [-0.2, 0) is 11.3 Å². The van der Waals surface area contributed by atoms with Gasteiger partial charge in [-0.15, -0.1) is 0 Å². The maximum atomic E-state index is 12.2. The fourth-order valence-electron chi connectivity index (χ4n) is 1.86. The van der Waals surface area contributed by atoms with Crippen molar-refractivity contribution in [2.24, 2.45) is 0 Å². The van der Waals surface area contributed by atoms with Crippen molar-refractivity contribution in [2.45, 2.75) is 13.5 Å². The van der Waals surface area contributed by atoms with Crippen LogP contribution in [0.2, 0.25) is 0 Å². The molecule has 0 aliphatic heterocycles. The van der Waals surface area contributed by atoms with Crippen molar-refractivity contribution < 1.29 is 23.8 Å². The van der Waals surface area contributed by atoms with E-state index in [-0.39, 0.29) is 18.3 Å². The Morgan fingerprint density at radius 3 is 2.55 bits per heavy atom. The number of aliphatic carboxylic acids is 1. The van der Waals surface area contributed by atoms with Gasteiger partial charge in [-0.05, 0) is 24.6 Å². The third-order valence-electron chi connectivity index (χ3n) is 2.99. The summed E-state index contributed by atoms with van der Waals surface area (Å²) < 4.78 is 10.1. The van der Waals surface area contributed by atoms with Crippen molar-refractivity contribution in [1.29, 1.82) is 0 Å². The molecule has 1 N–H and O–H groups in total. The molecule has 116 valence electrons. The summed E-state index contributed by atoms with van der Waals surface area (Å²) in [6.07, 6.45) is 1.24. The molecule has 1 heterocycles. The molecule has 1 aromatic heterocycles. The van der Waals surface area contributed by atoms with Crippen LogP contribution in [-0.4, -0.2) is 40.5 Å². The van der Waals surface area contributed by atoms with Gasteiger partial charge in [-0.1, -0.05) is 12.1 Å². The number of oxazole rings is 1. The zero-order valence-electron chi connectivity index (χ0n) is 12.3. The molecule has 0 aliphatic carbocycles. The summed E-state index contributed by atoms with van der Waals surface area (Å²) in [5, 5.41) is 8.54. The van der Waals surface area contributed by atoms with E-state index >= 15 is 0 Å². The van der Waals surface area contributed by atoms with E-state index in [0.29, 0.717) is 18.0 Å². The number of aryl methyl sites for hydroxylation is 1. The Labute approximate surface area is 127 Å². The van der Waals surface area contributed by atoms with Crippen molar-refractivity contribution in [3.05, 3.63) is 47.7 Å². The first kappa shape index (κ1) is 15.6. The first-order valence-corrected chi connectivity index (χ1v) is 6.56. The number of benzene rings is 1. The van der Waals surface area contributed by atoms with Gasteiger partial charge in [0.15, 0.2) is 13.0 Å². The van der Waals surface area contributed by atoms with Crippen LogP contribution in [0, 0.1) is 6.92 Å². The van der Waals surface area contributed by atoms with Gasteiger partial charge in [-0.2, -0.15) is 0 Å². The Kier molecular flexibility index (Phi) is 4.77. The number of hydrogen-bond donors (Lipinski definition) is 1. The highest BCUT2D eigenvalue weighted by atomic mass is 16.5. The molecule has 2 rings (SSSR count). The van der Waals surface area contributed by atoms with Gasteiger partial charge in [-0.3, -0.25) is 4.79 Å². The van der Waals surface area contributed by atoms with E-state index < -0.39 is 5.97 Å². The summed E-state index contributed by atoms with van der Waals surface area (Å²) in [6.45, 7) is 1.71. The van der Waals surface area contributed by atoms with E-state index in [2.05, 4.69) is 4.98 Å². The minimum Gasteiger partial charge on any atom is -0.482 e. The predicted molar refractivity (Wildman–Crippen MR) is 76.6 cm³/mol. The van der Waals surface area contributed by atoms with Crippen LogP contribution in [0.5, 0.6) is 5.75 Å². The maximum Gasteiger partial charge on any atom is 0.341 e. The number of aromatic nitrogens is 1. The number of carboxylic acid groups (broad SMARTS) is 1. The minimum absolute atomic E-state index is 0.226. The topological polar surface area (TPSA) is 92.9 Å². The number of carboxylic acids is 1. The van der Waals surface area contributed by atoms with Gasteiger partial charge in [0, 0.05) is 13.6 Å². The molecule has 0 saturated heterocycles. The zero-order valence-corrected chi connectivity index (χ0v) is 12.3. The van der Waals surface area contributed by atoms with Gasteiger partial charge in [0.25, 0.3) is 5.91 Å². The molecule has 7 heteroatoms. The van der Waals surface area contributed by atoms with E-state index in [9.17, 15) is 9.59 Å². The molecule has 0 unspecified atom stereocenters. The molecular formula is C15H16N2O5. The molecule has 2 aromatic rings. The van der Waals surface area contributed by atoms with Gasteiger partial charge in [-0.25, -0.2) is 9.78 Å². The van der Waals surface area contributed by atoms with E-state index in [1.165, 1.54) is 11.3 Å². The first-order chi connectivity index (χ1) is 10.5. The van der Waals surface area contributed by atoms with Crippen molar-refractivity contribution in [3.63, 3.8) is 0 Å². The number of hydrogen-bond acceptors (Lipinski definition) is 5. The summed E-state index contributed by atoms with van der Waals surface area (Å²) in [5.41, 5.74) is 1.44. The molecule has 0 aliphatic rings. The van der Waals surface area contributed by atoms with Gasteiger partial charge in [0.2, 0.25) is 5.76 Å². The van der Waals surface area contributed by atoms with E-state index in [0.717, 1.165) is 5.56 Å². The number of amides is 1. The molecule has 0 atom stereocenters. The second-order valence-electron chi connectivity index (χ2n) is 4.75. The van der Waals surface area contributed by atoms with Crippen LogP contribution in [0.4, 0.5) is 0 Å². The molecule has 0 radical (unpaired) electrons.